The third kappa shape index (κ3) is 2.37. The van der Waals surface area contributed by atoms with Gasteiger partial charge in [0.2, 0.25) is 0 Å². The van der Waals surface area contributed by atoms with Crippen LogP contribution in [0.1, 0.15) is 0 Å². The molecule has 0 atom stereocenters. The Balaban J connectivity index is 1.99. The van der Waals surface area contributed by atoms with Crippen molar-refractivity contribution in [1.82, 2.24) is 0 Å². The van der Waals surface area contributed by atoms with Gasteiger partial charge in [0.25, 0.3) is 0 Å². The summed E-state index contributed by atoms with van der Waals surface area (Å²) >= 11 is 0. The Kier molecular flexibility index (Phi) is 3.58. The van der Waals surface area contributed by atoms with E-state index < -0.39 is 0 Å². The monoisotopic (exact) mass is 314 g/mol. The Morgan fingerprint density at radius 3 is 1.38 bits per heavy atom. The maximum atomic E-state index is 5.60. The fourth-order valence-corrected chi connectivity index (χ4v) is 3.22. The first-order valence-electron chi connectivity index (χ1n) is 7.94. The molecule has 4 rings (SSSR count). The summed E-state index contributed by atoms with van der Waals surface area (Å²) in [7, 11) is 3.43. The maximum Gasteiger partial charge on any atom is 0.127 e. The predicted octanol–water partition coefficient (Wildman–Crippen LogP) is 5.68. The van der Waals surface area contributed by atoms with Crippen molar-refractivity contribution >= 4 is 21.5 Å². The molecule has 0 aliphatic heterocycles. The number of ether oxygens (including phenoxy) is 2. The highest BCUT2D eigenvalue weighted by atomic mass is 16.5. The maximum absolute atomic E-state index is 5.60. The van der Waals surface area contributed by atoms with Crippen molar-refractivity contribution in [3.63, 3.8) is 0 Å². The van der Waals surface area contributed by atoms with Gasteiger partial charge < -0.3 is 9.47 Å². The second-order valence-corrected chi connectivity index (χ2v) is 5.80. The molecule has 118 valence electrons. The van der Waals surface area contributed by atoms with E-state index in [1.807, 2.05) is 24.3 Å². The van der Waals surface area contributed by atoms with Crippen molar-refractivity contribution in [3.05, 3.63) is 72.8 Å². The Morgan fingerprint density at radius 2 is 0.958 bits per heavy atom. The van der Waals surface area contributed by atoms with Gasteiger partial charge in [0.15, 0.2) is 0 Å². The molecule has 4 aromatic rings. The number of benzene rings is 4. The Bertz CT molecular complexity index is 949. The Morgan fingerprint density at radius 1 is 0.542 bits per heavy atom. The molecule has 0 aliphatic rings. The SMILES string of the molecule is COc1cc(-c2cc(OC)c3ccccc3c2)cc2ccccc12. The fraction of sp³-hybridized carbons (Fsp3) is 0.0909. The van der Waals surface area contributed by atoms with Crippen LogP contribution in [0.3, 0.4) is 0 Å². The first kappa shape index (κ1) is 14.6. The number of hydrogen-bond acceptors (Lipinski definition) is 2. The molecule has 2 heteroatoms. The van der Waals surface area contributed by atoms with Gasteiger partial charge in [-0.3, -0.25) is 0 Å². The molecule has 0 amide bonds. The lowest BCUT2D eigenvalue weighted by Gasteiger charge is -2.12. The molecule has 0 fully saturated rings. The van der Waals surface area contributed by atoms with Gasteiger partial charge in [0.05, 0.1) is 14.2 Å². The van der Waals surface area contributed by atoms with Gasteiger partial charge in [-0.1, -0.05) is 48.5 Å². The minimum atomic E-state index is 0.884. The number of methoxy groups -OCH3 is 2. The third-order valence-electron chi connectivity index (χ3n) is 4.42. The summed E-state index contributed by atoms with van der Waals surface area (Å²) in [6.07, 6.45) is 0. The second kappa shape index (κ2) is 5.89. The normalized spacial score (nSPS) is 10.9. The van der Waals surface area contributed by atoms with E-state index in [9.17, 15) is 0 Å². The summed E-state index contributed by atoms with van der Waals surface area (Å²) in [6.45, 7) is 0. The lowest BCUT2D eigenvalue weighted by Crippen LogP contribution is -1.89. The van der Waals surface area contributed by atoms with Crippen LogP contribution in [0.5, 0.6) is 11.5 Å². The van der Waals surface area contributed by atoms with Crippen LogP contribution < -0.4 is 9.47 Å². The van der Waals surface area contributed by atoms with Crippen molar-refractivity contribution in [1.29, 1.82) is 0 Å². The van der Waals surface area contributed by atoms with Crippen molar-refractivity contribution in [2.75, 3.05) is 14.2 Å². The zero-order chi connectivity index (χ0) is 16.5. The molecule has 0 saturated carbocycles. The van der Waals surface area contributed by atoms with E-state index >= 15 is 0 Å². The third-order valence-corrected chi connectivity index (χ3v) is 4.42. The van der Waals surface area contributed by atoms with Crippen LogP contribution in [0.15, 0.2) is 72.8 Å². The molecule has 0 radical (unpaired) electrons. The second-order valence-electron chi connectivity index (χ2n) is 5.80. The zero-order valence-electron chi connectivity index (χ0n) is 13.7. The summed E-state index contributed by atoms with van der Waals surface area (Å²) in [5, 5.41) is 4.57. The van der Waals surface area contributed by atoms with Gasteiger partial charge in [-0.2, -0.15) is 0 Å². The van der Waals surface area contributed by atoms with E-state index in [1.54, 1.807) is 14.2 Å². The molecule has 0 unspecified atom stereocenters. The number of rotatable bonds is 3. The van der Waals surface area contributed by atoms with E-state index in [-0.39, 0.29) is 0 Å². The number of fused-ring (bicyclic) bond motifs is 2. The van der Waals surface area contributed by atoms with Crippen LogP contribution in [0.25, 0.3) is 32.7 Å². The van der Waals surface area contributed by atoms with E-state index in [0.717, 1.165) is 33.4 Å². The fourth-order valence-electron chi connectivity index (χ4n) is 3.22. The number of hydrogen-bond donors (Lipinski definition) is 0. The molecule has 0 saturated heterocycles. The van der Waals surface area contributed by atoms with Crippen LogP contribution in [0, 0.1) is 0 Å². The van der Waals surface area contributed by atoms with E-state index in [4.69, 9.17) is 9.47 Å². The minimum Gasteiger partial charge on any atom is -0.496 e. The molecule has 0 heterocycles. The lowest BCUT2D eigenvalue weighted by atomic mass is 9.97. The topological polar surface area (TPSA) is 18.5 Å². The predicted molar refractivity (Wildman–Crippen MR) is 100.0 cm³/mol. The molecule has 0 bridgehead atoms. The molecule has 0 N–H and O–H groups in total. The first-order valence-corrected chi connectivity index (χ1v) is 7.94. The van der Waals surface area contributed by atoms with Gasteiger partial charge in [-0.05, 0) is 46.2 Å². The zero-order valence-corrected chi connectivity index (χ0v) is 13.7. The van der Waals surface area contributed by atoms with Crippen molar-refractivity contribution < 1.29 is 9.47 Å². The van der Waals surface area contributed by atoms with Gasteiger partial charge in [0, 0.05) is 10.8 Å². The van der Waals surface area contributed by atoms with Crippen molar-refractivity contribution in [2.45, 2.75) is 0 Å². The lowest BCUT2D eigenvalue weighted by molar-refractivity contribution is 0.419. The summed E-state index contributed by atoms with van der Waals surface area (Å²) in [5.41, 5.74) is 2.24. The van der Waals surface area contributed by atoms with Crippen LogP contribution in [0.2, 0.25) is 0 Å². The molecule has 4 aromatic carbocycles. The summed E-state index contributed by atoms with van der Waals surface area (Å²) in [4.78, 5) is 0. The quantitative estimate of drug-likeness (QED) is 0.484. The smallest absolute Gasteiger partial charge is 0.127 e. The summed E-state index contributed by atoms with van der Waals surface area (Å²) < 4.78 is 11.2. The molecule has 0 aliphatic carbocycles. The van der Waals surface area contributed by atoms with Crippen molar-refractivity contribution in [3.8, 4) is 22.6 Å². The van der Waals surface area contributed by atoms with E-state index in [1.165, 1.54) is 10.8 Å². The Hall–Kier alpha value is -3.00. The summed E-state index contributed by atoms with van der Waals surface area (Å²) in [5.74, 6) is 1.77. The molecule has 0 aromatic heterocycles. The standard InChI is InChI=1S/C22H18O2/c1-23-21-13-17(11-15-7-3-5-9-19(15)21)18-12-16-8-4-6-10-20(16)22(14-18)24-2/h3-14H,1-2H3. The average molecular weight is 314 g/mol. The van der Waals surface area contributed by atoms with Gasteiger partial charge in [0.1, 0.15) is 11.5 Å². The largest absolute Gasteiger partial charge is 0.496 e. The summed E-state index contributed by atoms with van der Waals surface area (Å²) in [6, 6.07) is 25.1. The first-order chi connectivity index (χ1) is 11.8. The Labute approximate surface area is 141 Å². The van der Waals surface area contributed by atoms with Crippen LogP contribution >= 0.6 is 0 Å². The molecule has 0 spiro atoms. The molecular weight excluding hydrogens is 296 g/mol. The van der Waals surface area contributed by atoms with Gasteiger partial charge >= 0.3 is 0 Å². The van der Waals surface area contributed by atoms with Gasteiger partial charge in [-0.25, -0.2) is 0 Å². The average Bonchev–Trinajstić information content (AvgIpc) is 2.66. The molecule has 2 nitrogen and oxygen atoms in total. The van der Waals surface area contributed by atoms with Crippen LogP contribution in [-0.2, 0) is 0 Å². The van der Waals surface area contributed by atoms with Crippen molar-refractivity contribution in [2.24, 2.45) is 0 Å². The van der Waals surface area contributed by atoms with Crippen LogP contribution in [-0.4, -0.2) is 14.2 Å². The highest BCUT2D eigenvalue weighted by Crippen LogP contribution is 2.36. The van der Waals surface area contributed by atoms with Crippen LogP contribution in [0.4, 0.5) is 0 Å². The van der Waals surface area contributed by atoms with E-state index in [0.29, 0.717) is 0 Å². The minimum absolute atomic E-state index is 0.884. The van der Waals surface area contributed by atoms with Gasteiger partial charge in [-0.15, -0.1) is 0 Å². The molecular formula is C22H18O2. The highest BCUT2D eigenvalue weighted by molar-refractivity contribution is 5.96. The highest BCUT2D eigenvalue weighted by Gasteiger charge is 2.09. The van der Waals surface area contributed by atoms with E-state index in [2.05, 4.69) is 48.5 Å². The molecule has 24 heavy (non-hydrogen) atoms.